The van der Waals surface area contributed by atoms with Gasteiger partial charge < -0.3 is 5.32 Å². The number of hydrogen-bond acceptors (Lipinski definition) is 4. The van der Waals surface area contributed by atoms with Crippen LogP contribution in [0, 0.1) is 39.5 Å². The Morgan fingerprint density at radius 1 is 0.969 bits per heavy atom. The maximum atomic E-state index is 14.0. The van der Waals surface area contributed by atoms with E-state index in [9.17, 15) is 14.4 Å². The van der Waals surface area contributed by atoms with Crippen LogP contribution in [0.3, 0.4) is 0 Å². The summed E-state index contributed by atoms with van der Waals surface area (Å²) in [4.78, 5) is 45.2. The predicted octanol–water partition coefficient (Wildman–Crippen LogP) is 3.35. The number of rotatable bonds is 1. The maximum Gasteiger partial charge on any atom is 0.250 e. The van der Waals surface area contributed by atoms with Crippen LogP contribution in [-0.4, -0.2) is 35.2 Å². The van der Waals surface area contributed by atoms with Crippen LogP contribution in [0.5, 0.6) is 0 Å². The Labute approximate surface area is 187 Å². The van der Waals surface area contributed by atoms with E-state index in [4.69, 9.17) is 0 Å². The van der Waals surface area contributed by atoms with E-state index in [1.54, 1.807) is 0 Å². The summed E-state index contributed by atoms with van der Waals surface area (Å²) >= 11 is 0. The van der Waals surface area contributed by atoms with E-state index in [-0.39, 0.29) is 23.8 Å². The Kier molecular flexibility index (Phi) is 3.87. The highest BCUT2D eigenvalue weighted by Gasteiger charge is 2.74. The van der Waals surface area contributed by atoms with Crippen molar-refractivity contribution in [3.8, 4) is 0 Å². The molecule has 3 fully saturated rings. The van der Waals surface area contributed by atoms with Gasteiger partial charge in [-0.3, -0.25) is 19.3 Å². The van der Waals surface area contributed by atoms with Crippen LogP contribution in [0.15, 0.2) is 30.3 Å². The molecule has 6 heteroatoms. The lowest BCUT2D eigenvalue weighted by Crippen LogP contribution is -2.54. The Balaban J connectivity index is 1.57. The molecular formula is C26H27N3O3. The molecule has 6 rings (SSSR count). The molecule has 4 aliphatic heterocycles. The lowest BCUT2D eigenvalue weighted by molar-refractivity contribution is -0.135. The molecule has 6 nitrogen and oxygen atoms in total. The number of carbonyl (C=O) groups is 3. The number of aryl methyl sites for hydroxylation is 3. The van der Waals surface area contributed by atoms with E-state index in [0.29, 0.717) is 5.69 Å². The molecule has 164 valence electrons. The Bertz CT molecular complexity index is 1240. The molecule has 4 heterocycles. The van der Waals surface area contributed by atoms with Gasteiger partial charge in [0.2, 0.25) is 17.7 Å². The van der Waals surface area contributed by atoms with Crippen LogP contribution in [0.2, 0.25) is 0 Å². The van der Waals surface area contributed by atoms with E-state index >= 15 is 0 Å². The molecule has 3 saturated heterocycles. The third-order valence-electron chi connectivity index (χ3n) is 8.29. The molecule has 4 atom stereocenters. The highest BCUT2D eigenvalue weighted by Crippen LogP contribution is 2.61. The van der Waals surface area contributed by atoms with Crippen molar-refractivity contribution in [2.75, 3.05) is 16.8 Å². The number of amides is 3. The summed E-state index contributed by atoms with van der Waals surface area (Å²) in [5.74, 6) is -1.77. The van der Waals surface area contributed by atoms with Gasteiger partial charge in [0.25, 0.3) is 0 Å². The molecule has 1 spiro atoms. The first kappa shape index (κ1) is 19.7. The molecule has 0 bridgehead atoms. The minimum absolute atomic E-state index is 0.0921. The van der Waals surface area contributed by atoms with Gasteiger partial charge in [-0.25, -0.2) is 4.90 Å². The Hall–Kier alpha value is -2.99. The van der Waals surface area contributed by atoms with Gasteiger partial charge in [-0.15, -0.1) is 0 Å². The van der Waals surface area contributed by atoms with Crippen molar-refractivity contribution in [2.45, 2.75) is 52.1 Å². The number of nitrogens with zero attached hydrogens (tertiary/aromatic N) is 2. The lowest BCUT2D eigenvalue weighted by Gasteiger charge is -2.36. The zero-order valence-corrected chi connectivity index (χ0v) is 18.9. The van der Waals surface area contributed by atoms with E-state index in [1.165, 1.54) is 4.90 Å². The van der Waals surface area contributed by atoms with Crippen molar-refractivity contribution < 1.29 is 14.4 Å². The van der Waals surface area contributed by atoms with Crippen molar-refractivity contribution >= 4 is 29.1 Å². The van der Waals surface area contributed by atoms with E-state index < -0.39 is 17.4 Å². The average Bonchev–Trinajstić information content (AvgIpc) is 3.45. The van der Waals surface area contributed by atoms with E-state index in [2.05, 4.69) is 10.2 Å². The fourth-order valence-electron chi connectivity index (χ4n) is 6.81. The Morgan fingerprint density at radius 3 is 2.50 bits per heavy atom. The first-order valence-corrected chi connectivity index (χ1v) is 11.4. The molecule has 0 unspecified atom stereocenters. The zero-order chi connectivity index (χ0) is 22.5. The molecule has 2 aromatic rings. The summed E-state index contributed by atoms with van der Waals surface area (Å²) in [6, 6.07) is 9.70. The van der Waals surface area contributed by atoms with Crippen molar-refractivity contribution in [3.05, 3.63) is 58.1 Å². The first-order chi connectivity index (χ1) is 15.3. The summed E-state index contributed by atoms with van der Waals surface area (Å²) in [5, 5.41) is 3.11. The number of benzene rings is 2. The van der Waals surface area contributed by atoms with Crippen molar-refractivity contribution in [1.82, 2.24) is 4.90 Å². The summed E-state index contributed by atoms with van der Waals surface area (Å²) in [6.45, 7) is 8.68. The standard InChI is InChI=1S/C26H27N3O3/c1-13-7-10-18(15(3)12-13)29-23(30)20-19-6-5-11-28(19)26(21(20)24(29)31)17-9-8-14(2)16(4)22(17)27-25(26)32/h7-10,12,19-21H,5-6,11H2,1-4H3,(H,27,32)/t19-,20+,21-,26+/m0/s1. The van der Waals surface area contributed by atoms with Gasteiger partial charge >= 0.3 is 0 Å². The molecule has 2 aromatic carbocycles. The third kappa shape index (κ3) is 2.11. The van der Waals surface area contributed by atoms with Crippen LogP contribution in [0.25, 0.3) is 0 Å². The minimum Gasteiger partial charge on any atom is -0.324 e. The summed E-state index contributed by atoms with van der Waals surface area (Å²) < 4.78 is 0. The smallest absolute Gasteiger partial charge is 0.250 e. The quantitative estimate of drug-likeness (QED) is 0.706. The van der Waals surface area contributed by atoms with E-state index in [1.807, 2.05) is 58.0 Å². The van der Waals surface area contributed by atoms with Crippen molar-refractivity contribution in [2.24, 2.45) is 11.8 Å². The second kappa shape index (κ2) is 6.29. The summed E-state index contributed by atoms with van der Waals surface area (Å²) in [5.41, 5.74) is 5.29. The molecule has 0 aromatic heterocycles. The van der Waals surface area contributed by atoms with Gasteiger partial charge in [0.05, 0.1) is 17.5 Å². The largest absolute Gasteiger partial charge is 0.324 e. The predicted molar refractivity (Wildman–Crippen MR) is 121 cm³/mol. The maximum absolute atomic E-state index is 14.0. The SMILES string of the molecule is Cc1ccc(N2C(=O)[C@H]3[C@@H](C2=O)[C@]2(C(=O)Nc4c2ccc(C)c4C)N2CCC[C@@H]32)c(C)c1. The lowest BCUT2D eigenvalue weighted by atomic mass is 9.75. The highest BCUT2D eigenvalue weighted by molar-refractivity contribution is 6.26. The van der Waals surface area contributed by atoms with Crippen molar-refractivity contribution in [1.29, 1.82) is 0 Å². The molecule has 1 N–H and O–H groups in total. The highest BCUT2D eigenvalue weighted by atomic mass is 16.2. The molecule has 0 radical (unpaired) electrons. The number of carbonyl (C=O) groups excluding carboxylic acids is 3. The molecule has 3 amide bonds. The topological polar surface area (TPSA) is 69.7 Å². The summed E-state index contributed by atoms with van der Waals surface area (Å²) in [7, 11) is 0. The fourth-order valence-corrected chi connectivity index (χ4v) is 6.81. The van der Waals surface area contributed by atoms with Gasteiger partial charge in [0, 0.05) is 17.3 Å². The number of imide groups is 1. The summed E-state index contributed by atoms with van der Waals surface area (Å²) in [6.07, 6.45) is 1.75. The van der Waals surface area contributed by atoms with E-state index in [0.717, 1.165) is 52.9 Å². The molecule has 32 heavy (non-hydrogen) atoms. The van der Waals surface area contributed by atoms with Crippen LogP contribution in [0.4, 0.5) is 11.4 Å². The van der Waals surface area contributed by atoms with Gasteiger partial charge in [-0.1, -0.05) is 29.8 Å². The van der Waals surface area contributed by atoms with Crippen molar-refractivity contribution in [3.63, 3.8) is 0 Å². The number of nitrogens with one attached hydrogen (secondary N) is 1. The monoisotopic (exact) mass is 429 g/mol. The van der Waals surface area contributed by atoms with Crippen LogP contribution in [-0.2, 0) is 19.9 Å². The molecule has 4 aliphatic rings. The number of anilines is 2. The average molecular weight is 430 g/mol. The second-order valence-electron chi connectivity index (χ2n) is 9.86. The second-order valence-corrected chi connectivity index (χ2v) is 9.86. The van der Waals surface area contributed by atoms with Gasteiger partial charge in [-0.2, -0.15) is 0 Å². The molecular weight excluding hydrogens is 402 g/mol. The number of hydrogen-bond donors (Lipinski definition) is 1. The van der Waals surface area contributed by atoms with Gasteiger partial charge in [0.1, 0.15) is 5.54 Å². The minimum atomic E-state index is -1.11. The van der Waals surface area contributed by atoms with Gasteiger partial charge in [0.15, 0.2) is 0 Å². The van der Waals surface area contributed by atoms with Crippen LogP contribution >= 0.6 is 0 Å². The zero-order valence-electron chi connectivity index (χ0n) is 18.9. The third-order valence-corrected chi connectivity index (χ3v) is 8.29. The van der Waals surface area contributed by atoms with Crippen LogP contribution < -0.4 is 10.2 Å². The fraction of sp³-hybridized carbons (Fsp3) is 0.423. The molecule has 0 aliphatic carbocycles. The molecule has 0 saturated carbocycles. The normalized spacial score (nSPS) is 30.8. The number of fused-ring (bicyclic) bond motifs is 7. The van der Waals surface area contributed by atoms with Gasteiger partial charge in [-0.05, 0) is 69.8 Å². The Morgan fingerprint density at radius 2 is 1.75 bits per heavy atom. The van der Waals surface area contributed by atoms with Crippen LogP contribution in [0.1, 0.15) is 40.7 Å². The first-order valence-electron chi connectivity index (χ1n) is 11.4.